The Morgan fingerprint density at radius 1 is 1.15 bits per heavy atom. The lowest BCUT2D eigenvalue weighted by atomic mass is 10.0. The SMILES string of the molecule is N#Cc1ccc(CC(N)c2nc3ccccc3[nH]2)cc1. The quantitative estimate of drug-likeness (QED) is 0.761. The number of H-pyrrole nitrogens is 1. The summed E-state index contributed by atoms with van der Waals surface area (Å²) in [5, 5.41) is 8.78. The zero-order chi connectivity index (χ0) is 13.9. The van der Waals surface area contributed by atoms with Crippen molar-refractivity contribution in [3.63, 3.8) is 0 Å². The zero-order valence-corrected chi connectivity index (χ0v) is 10.9. The van der Waals surface area contributed by atoms with Crippen molar-refractivity contribution in [3.8, 4) is 6.07 Å². The van der Waals surface area contributed by atoms with E-state index in [0.717, 1.165) is 22.4 Å². The lowest BCUT2D eigenvalue weighted by Crippen LogP contribution is -2.14. The Morgan fingerprint density at radius 2 is 1.90 bits per heavy atom. The summed E-state index contributed by atoms with van der Waals surface area (Å²) in [7, 11) is 0. The number of para-hydroxylation sites is 2. The van der Waals surface area contributed by atoms with Crippen LogP contribution < -0.4 is 5.73 Å². The fraction of sp³-hybridized carbons (Fsp3) is 0.125. The van der Waals surface area contributed by atoms with Gasteiger partial charge in [0.2, 0.25) is 0 Å². The molecule has 1 heterocycles. The molecule has 0 radical (unpaired) electrons. The number of nitrogens with two attached hydrogens (primary N) is 1. The van der Waals surface area contributed by atoms with Crippen molar-refractivity contribution < 1.29 is 0 Å². The van der Waals surface area contributed by atoms with E-state index < -0.39 is 0 Å². The molecule has 0 fully saturated rings. The second-order valence-corrected chi connectivity index (χ2v) is 4.76. The van der Waals surface area contributed by atoms with Crippen molar-refractivity contribution in [2.75, 3.05) is 0 Å². The molecule has 4 nitrogen and oxygen atoms in total. The number of aromatic amines is 1. The average Bonchev–Trinajstić information content (AvgIpc) is 2.92. The fourth-order valence-corrected chi connectivity index (χ4v) is 2.21. The van der Waals surface area contributed by atoms with E-state index in [1.807, 2.05) is 36.4 Å². The summed E-state index contributed by atoms with van der Waals surface area (Å²) in [5.74, 6) is 0.788. The van der Waals surface area contributed by atoms with Crippen LogP contribution in [0.25, 0.3) is 11.0 Å². The van der Waals surface area contributed by atoms with Gasteiger partial charge in [-0.15, -0.1) is 0 Å². The molecular weight excluding hydrogens is 248 g/mol. The molecular formula is C16H14N4. The highest BCUT2D eigenvalue weighted by molar-refractivity contribution is 5.74. The maximum absolute atomic E-state index is 8.78. The summed E-state index contributed by atoms with van der Waals surface area (Å²) in [5.41, 5.74) is 9.88. The van der Waals surface area contributed by atoms with Crippen LogP contribution in [0.5, 0.6) is 0 Å². The van der Waals surface area contributed by atoms with Crippen molar-refractivity contribution >= 4 is 11.0 Å². The van der Waals surface area contributed by atoms with Gasteiger partial charge in [-0.05, 0) is 36.2 Å². The summed E-state index contributed by atoms with van der Waals surface area (Å²) >= 11 is 0. The predicted molar refractivity (Wildman–Crippen MR) is 77.9 cm³/mol. The molecule has 0 saturated heterocycles. The Hall–Kier alpha value is -2.64. The van der Waals surface area contributed by atoms with E-state index in [1.54, 1.807) is 12.1 Å². The molecule has 1 unspecified atom stereocenters. The second-order valence-electron chi connectivity index (χ2n) is 4.76. The molecule has 0 amide bonds. The molecule has 0 aliphatic rings. The summed E-state index contributed by atoms with van der Waals surface area (Å²) in [4.78, 5) is 7.76. The fourth-order valence-electron chi connectivity index (χ4n) is 2.21. The van der Waals surface area contributed by atoms with E-state index in [0.29, 0.717) is 12.0 Å². The number of rotatable bonds is 3. The minimum atomic E-state index is -0.185. The van der Waals surface area contributed by atoms with E-state index in [9.17, 15) is 0 Å². The molecule has 0 saturated carbocycles. The predicted octanol–water partition coefficient (Wildman–Crippen LogP) is 2.68. The maximum atomic E-state index is 8.78. The number of benzene rings is 2. The molecule has 0 bridgehead atoms. The monoisotopic (exact) mass is 262 g/mol. The molecule has 98 valence electrons. The van der Waals surface area contributed by atoms with Crippen LogP contribution in [-0.4, -0.2) is 9.97 Å². The van der Waals surface area contributed by atoms with Crippen LogP contribution in [0, 0.1) is 11.3 Å². The first kappa shape index (κ1) is 12.4. The van der Waals surface area contributed by atoms with Gasteiger partial charge in [-0.1, -0.05) is 24.3 Å². The minimum Gasteiger partial charge on any atom is -0.341 e. The third kappa shape index (κ3) is 2.40. The largest absolute Gasteiger partial charge is 0.341 e. The van der Waals surface area contributed by atoms with Gasteiger partial charge < -0.3 is 10.7 Å². The molecule has 0 aliphatic heterocycles. The lowest BCUT2D eigenvalue weighted by Gasteiger charge is -2.08. The van der Waals surface area contributed by atoms with Crippen LogP contribution >= 0.6 is 0 Å². The molecule has 1 aromatic heterocycles. The average molecular weight is 262 g/mol. The van der Waals surface area contributed by atoms with Crippen molar-refractivity contribution in [2.45, 2.75) is 12.5 Å². The Kier molecular flexibility index (Phi) is 3.20. The Balaban J connectivity index is 1.81. The van der Waals surface area contributed by atoms with Crippen LogP contribution in [0.15, 0.2) is 48.5 Å². The highest BCUT2D eigenvalue weighted by atomic mass is 15.0. The van der Waals surface area contributed by atoms with Gasteiger partial charge in [-0.3, -0.25) is 0 Å². The number of nitriles is 1. The lowest BCUT2D eigenvalue weighted by molar-refractivity contribution is 0.680. The van der Waals surface area contributed by atoms with Gasteiger partial charge in [0, 0.05) is 0 Å². The first-order chi connectivity index (χ1) is 9.76. The molecule has 20 heavy (non-hydrogen) atoms. The van der Waals surface area contributed by atoms with Gasteiger partial charge in [0.05, 0.1) is 28.7 Å². The molecule has 3 aromatic rings. The van der Waals surface area contributed by atoms with Crippen LogP contribution in [0.1, 0.15) is 23.0 Å². The summed E-state index contributed by atoms with van der Waals surface area (Å²) in [6.45, 7) is 0. The van der Waals surface area contributed by atoms with E-state index in [4.69, 9.17) is 11.0 Å². The van der Waals surface area contributed by atoms with Crippen LogP contribution in [0.4, 0.5) is 0 Å². The van der Waals surface area contributed by atoms with E-state index in [-0.39, 0.29) is 6.04 Å². The first-order valence-electron chi connectivity index (χ1n) is 6.45. The summed E-state index contributed by atoms with van der Waals surface area (Å²) in [6.07, 6.45) is 0.686. The van der Waals surface area contributed by atoms with Gasteiger partial charge >= 0.3 is 0 Å². The summed E-state index contributed by atoms with van der Waals surface area (Å²) in [6, 6.07) is 17.3. The first-order valence-corrected chi connectivity index (χ1v) is 6.45. The topological polar surface area (TPSA) is 78.5 Å². The third-order valence-corrected chi connectivity index (χ3v) is 3.30. The van der Waals surface area contributed by atoms with Gasteiger partial charge in [0.25, 0.3) is 0 Å². The molecule has 0 aliphatic carbocycles. The highest BCUT2D eigenvalue weighted by Gasteiger charge is 2.11. The van der Waals surface area contributed by atoms with E-state index >= 15 is 0 Å². The number of nitrogens with one attached hydrogen (secondary N) is 1. The molecule has 3 N–H and O–H groups in total. The number of aromatic nitrogens is 2. The van der Waals surface area contributed by atoms with Crippen LogP contribution in [0.3, 0.4) is 0 Å². The van der Waals surface area contributed by atoms with Crippen molar-refractivity contribution in [3.05, 3.63) is 65.5 Å². The minimum absolute atomic E-state index is 0.185. The third-order valence-electron chi connectivity index (χ3n) is 3.30. The molecule has 4 heteroatoms. The zero-order valence-electron chi connectivity index (χ0n) is 10.9. The van der Waals surface area contributed by atoms with Crippen molar-refractivity contribution in [1.29, 1.82) is 5.26 Å². The maximum Gasteiger partial charge on any atom is 0.124 e. The standard InChI is InChI=1S/C16H14N4/c17-10-12-7-5-11(6-8-12)9-13(18)16-19-14-3-1-2-4-15(14)20-16/h1-8,13H,9,18H2,(H,19,20). The second kappa shape index (κ2) is 5.16. The number of fused-ring (bicyclic) bond motifs is 1. The molecule has 2 aromatic carbocycles. The van der Waals surface area contributed by atoms with Gasteiger partial charge in [-0.25, -0.2) is 4.98 Å². The number of hydrogen-bond donors (Lipinski definition) is 2. The van der Waals surface area contributed by atoms with Gasteiger partial charge in [0.15, 0.2) is 0 Å². The van der Waals surface area contributed by atoms with Crippen LogP contribution in [-0.2, 0) is 6.42 Å². The van der Waals surface area contributed by atoms with Gasteiger partial charge in [0.1, 0.15) is 5.82 Å². The van der Waals surface area contributed by atoms with Gasteiger partial charge in [-0.2, -0.15) is 5.26 Å². The summed E-state index contributed by atoms with van der Waals surface area (Å²) < 4.78 is 0. The van der Waals surface area contributed by atoms with Crippen molar-refractivity contribution in [1.82, 2.24) is 9.97 Å². The Morgan fingerprint density at radius 3 is 2.60 bits per heavy atom. The van der Waals surface area contributed by atoms with E-state index in [2.05, 4.69) is 16.0 Å². The van der Waals surface area contributed by atoms with E-state index in [1.165, 1.54) is 0 Å². The number of nitrogens with zero attached hydrogens (tertiary/aromatic N) is 2. The Labute approximate surface area is 116 Å². The smallest absolute Gasteiger partial charge is 0.124 e. The highest BCUT2D eigenvalue weighted by Crippen LogP contribution is 2.18. The van der Waals surface area contributed by atoms with Crippen LogP contribution in [0.2, 0.25) is 0 Å². The number of hydrogen-bond acceptors (Lipinski definition) is 3. The Bertz CT molecular complexity index is 732. The molecule has 3 rings (SSSR count). The molecule has 0 spiro atoms. The van der Waals surface area contributed by atoms with Crippen molar-refractivity contribution in [2.24, 2.45) is 5.73 Å². The normalized spacial score (nSPS) is 12.2. The molecule has 1 atom stereocenters. The number of imidazole rings is 1.